The minimum absolute atomic E-state index is 0.0923. The highest BCUT2D eigenvalue weighted by molar-refractivity contribution is 6.30. The highest BCUT2D eigenvalue weighted by Crippen LogP contribution is 2.20. The highest BCUT2D eigenvalue weighted by atomic mass is 35.5. The number of Topliss-reactive ketones (excluding diaryl/α,β-unsaturated/α-hetero) is 1. The maximum Gasteiger partial charge on any atom is 0.198 e. The molecule has 0 unspecified atom stereocenters. The molecule has 1 rings (SSSR count). The van der Waals surface area contributed by atoms with E-state index in [4.69, 9.17) is 22.1 Å². The molecule has 70 valence electrons. The molecule has 0 bridgehead atoms. The van der Waals surface area contributed by atoms with Crippen LogP contribution in [0.4, 0.5) is 0 Å². The van der Waals surface area contributed by atoms with Gasteiger partial charge in [-0.05, 0) is 0 Å². The van der Waals surface area contributed by atoms with Crippen molar-refractivity contribution in [3.05, 3.63) is 23.0 Å². The van der Waals surface area contributed by atoms with Crippen LogP contribution in [0.5, 0.6) is 5.75 Å². The molecular formula is C8H9ClN2O2. The summed E-state index contributed by atoms with van der Waals surface area (Å²) in [7, 11) is 1.45. The van der Waals surface area contributed by atoms with Crippen LogP contribution in [0.15, 0.2) is 12.3 Å². The first-order valence-electron chi connectivity index (χ1n) is 3.62. The van der Waals surface area contributed by atoms with Crippen molar-refractivity contribution in [2.24, 2.45) is 5.73 Å². The van der Waals surface area contributed by atoms with E-state index in [-0.39, 0.29) is 18.0 Å². The van der Waals surface area contributed by atoms with Gasteiger partial charge < -0.3 is 10.5 Å². The quantitative estimate of drug-likeness (QED) is 0.736. The fourth-order valence-electron chi connectivity index (χ4n) is 0.882. The van der Waals surface area contributed by atoms with Gasteiger partial charge in [-0.2, -0.15) is 0 Å². The zero-order valence-electron chi connectivity index (χ0n) is 7.08. The van der Waals surface area contributed by atoms with Crippen molar-refractivity contribution in [2.45, 2.75) is 0 Å². The molecular weight excluding hydrogens is 192 g/mol. The molecule has 0 spiro atoms. The van der Waals surface area contributed by atoms with E-state index in [1.54, 1.807) is 0 Å². The number of ether oxygens (including phenoxy) is 1. The van der Waals surface area contributed by atoms with E-state index in [2.05, 4.69) is 4.98 Å². The Hall–Kier alpha value is -1.13. The molecule has 0 aromatic carbocycles. The van der Waals surface area contributed by atoms with Gasteiger partial charge in [0, 0.05) is 12.3 Å². The van der Waals surface area contributed by atoms with Crippen LogP contribution in [0.3, 0.4) is 0 Å². The summed E-state index contributed by atoms with van der Waals surface area (Å²) in [5.74, 6) is 0.0801. The van der Waals surface area contributed by atoms with Crippen LogP contribution in [0.2, 0.25) is 5.02 Å². The number of methoxy groups -OCH3 is 1. The summed E-state index contributed by atoms with van der Waals surface area (Å²) in [6.45, 7) is -0.0923. The standard InChI is InChI=1S/C8H9ClN2O2/c1-13-7-2-5(9)4-11-8(7)6(12)3-10/h2,4H,3,10H2,1H3. The molecule has 2 N–H and O–H groups in total. The predicted molar refractivity (Wildman–Crippen MR) is 49.2 cm³/mol. The third-order valence-electron chi connectivity index (χ3n) is 1.49. The largest absolute Gasteiger partial charge is 0.494 e. The summed E-state index contributed by atoms with van der Waals surface area (Å²) in [6.07, 6.45) is 1.38. The first-order valence-corrected chi connectivity index (χ1v) is 3.99. The number of rotatable bonds is 3. The Balaban J connectivity index is 3.13. The van der Waals surface area contributed by atoms with E-state index < -0.39 is 0 Å². The first-order chi connectivity index (χ1) is 6.19. The Morgan fingerprint density at radius 1 is 1.77 bits per heavy atom. The lowest BCUT2D eigenvalue weighted by Crippen LogP contribution is -2.16. The zero-order chi connectivity index (χ0) is 9.84. The second kappa shape index (κ2) is 4.20. The maximum atomic E-state index is 11.2. The fraction of sp³-hybridized carbons (Fsp3) is 0.250. The van der Waals surface area contributed by atoms with Crippen molar-refractivity contribution >= 4 is 17.4 Å². The number of nitrogens with two attached hydrogens (primary N) is 1. The fourth-order valence-corrected chi connectivity index (χ4v) is 1.03. The molecule has 0 aliphatic rings. The van der Waals surface area contributed by atoms with Gasteiger partial charge >= 0.3 is 0 Å². The monoisotopic (exact) mass is 200 g/mol. The van der Waals surface area contributed by atoms with Crippen LogP contribution in [-0.2, 0) is 0 Å². The number of hydrogen-bond donors (Lipinski definition) is 1. The Morgan fingerprint density at radius 3 is 3.00 bits per heavy atom. The van der Waals surface area contributed by atoms with E-state index in [1.165, 1.54) is 19.4 Å². The molecule has 4 nitrogen and oxygen atoms in total. The molecule has 0 atom stereocenters. The Kier molecular flexibility index (Phi) is 3.22. The lowest BCUT2D eigenvalue weighted by atomic mass is 10.2. The molecule has 1 aromatic rings. The second-order valence-corrected chi connectivity index (χ2v) is 2.77. The first kappa shape index (κ1) is 9.95. The van der Waals surface area contributed by atoms with Crippen molar-refractivity contribution < 1.29 is 9.53 Å². The van der Waals surface area contributed by atoms with Gasteiger partial charge in [0.15, 0.2) is 5.78 Å². The average molecular weight is 201 g/mol. The molecule has 1 aromatic heterocycles. The molecule has 13 heavy (non-hydrogen) atoms. The summed E-state index contributed by atoms with van der Waals surface area (Å²) in [4.78, 5) is 15.0. The van der Waals surface area contributed by atoms with Gasteiger partial charge in [-0.15, -0.1) is 0 Å². The molecule has 0 aliphatic heterocycles. The van der Waals surface area contributed by atoms with Crippen LogP contribution in [-0.4, -0.2) is 24.4 Å². The van der Waals surface area contributed by atoms with Crippen molar-refractivity contribution in [1.82, 2.24) is 4.98 Å². The van der Waals surface area contributed by atoms with E-state index in [9.17, 15) is 4.79 Å². The smallest absolute Gasteiger partial charge is 0.198 e. The number of aromatic nitrogens is 1. The topological polar surface area (TPSA) is 65.2 Å². The Morgan fingerprint density at radius 2 is 2.46 bits per heavy atom. The molecule has 1 heterocycles. The summed E-state index contributed by atoms with van der Waals surface area (Å²) in [6, 6.07) is 1.53. The lowest BCUT2D eigenvalue weighted by Gasteiger charge is -2.04. The predicted octanol–water partition coefficient (Wildman–Crippen LogP) is 0.885. The van der Waals surface area contributed by atoms with Gasteiger partial charge in [0.05, 0.1) is 18.7 Å². The van der Waals surface area contributed by atoms with Gasteiger partial charge in [-0.25, -0.2) is 4.98 Å². The number of ketones is 1. The number of carbonyl (C=O) groups is 1. The van der Waals surface area contributed by atoms with E-state index >= 15 is 0 Å². The summed E-state index contributed by atoms with van der Waals surface area (Å²) >= 11 is 5.66. The summed E-state index contributed by atoms with van der Waals surface area (Å²) < 4.78 is 4.93. The van der Waals surface area contributed by atoms with E-state index in [1.807, 2.05) is 0 Å². The van der Waals surface area contributed by atoms with Crippen LogP contribution in [0.25, 0.3) is 0 Å². The van der Waals surface area contributed by atoms with Gasteiger partial charge in [-0.1, -0.05) is 11.6 Å². The second-order valence-electron chi connectivity index (χ2n) is 2.33. The molecule has 0 radical (unpaired) electrons. The van der Waals surface area contributed by atoms with Gasteiger partial charge in [0.1, 0.15) is 11.4 Å². The normalized spacial score (nSPS) is 9.77. The number of hydrogen-bond acceptors (Lipinski definition) is 4. The third kappa shape index (κ3) is 2.17. The number of pyridine rings is 1. The molecule has 0 saturated carbocycles. The number of nitrogens with zero attached hydrogens (tertiary/aromatic N) is 1. The zero-order valence-corrected chi connectivity index (χ0v) is 7.84. The van der Waals surface area contributed by atoms with Gasteiger partial charge in [0.25, 0.3) is 0 Å². The van der Waals surface area contributed by atoms with Gasteiger partial charge in [0.2, 0.25) is 0 Å². The molecule has 0 amide bonds. The average Bonchev–Trinajstić information content (AvgIpc) is 2.16. The van der Waals surface area contributed by atoms with Crippen LogP contribution in [0, 0.1) is 0 Å². The number of carbonyl (C=O) groups excluding carboxylic acids is 1. The van der Waals surface area contributed by atoms with E-state index in [0.29, 0.717) is 10.8 Å². The summed E-state index contributed by atoms with van der Waals surface area (Å²) in [5.41, 5.74) is 5.40. The SMILES string of the molecule is COc1cc(Cl)cnc1C(=O)CN. The minimum Gasteiger partial charge on any atom is -0.494 e. The maximum absolute atomic E-state index is 11.2. The van der Waals surface area contributed by atoms with Crippen LogP contribution >= 0.6 is 11.6 Å². The molecule has 0 fully saturated rings. The van der Waals surface area contributed by atoms with Crippen molar-refractivity contribution in [2.75, 3.05) is 13.7 Å². The third-order valence-corrected chi connectivity index (χ3v) is 1.70. The Bertz CT molecular complexity index is 328. The Labute approximate surface area is 80.7 Å². The highest BCUT2D eigenvalue weighted by Gasteiger charge is 2.12. The molecule has 0 aliphatic carbocycles. The van der Waals surface area contributed by atoms with Gasteiger partial charge in [-0.3, -0.25) is 4.79 Å². The summed E-state index contributed by atoms with van der Waals surface area (Å²) in [5, 5.41) is 0.422. The van der Waals surface area contributed by atoms with Crippen LogP contribution < -0.4 is 10.5 Å². The van der Waals surface area contributed by atoms with Crippen LogP contribution in [0.1, 0.15) is 10.5 Å². The van der Waals surface area contributed by atoms with E-state index in [0.717, 1.165) is 0 Å². The lowest BCUT2D eigenvalue weighted by molar-refractivity contribution is 0.0993. The van der Waals surface area contributed by atoms with Crippen molar-refractivity contribution in [3.8, 4) is 5.75 Å². The molecule has 5 heteroatoms. The molecule has 0 saturated heterocycles. The van der Waals surface area contributed by atoms with Crippen molar-refractivity contribution in [1.29, 1.82) is 0 Å². The van der Waals surface area contributed by atoms with Crippen molar-refractivity contribution in [3.63, 3.8) is 0 Å². The minimum atomic E-state index is -0.270. The number of halogens is 1.